The van der Waals surface area contributed by atoms with Gasteiger partial charge < -0.3 is 15.2 Å². The number of benzene rings is 1. The van der Waals surface area contributed by atoms with E-state index in [0.29, 0.717) is 37.5 Å². The van der Waals surface area contributed by atoms with Gasteiger partial charge in [-0.05, 0) is 30.5 Å². The number of hydrogen-bond acceptors (Lipinski definition) is 3. The zero-order valence-corrected chi connectivity index (χ0v) is 11.4. The molecular weight excluding hydrogens is 266 g/mol. The van der Waals surface area contributed by atoms with Crippen LogP contribution in [-0.4, -0.2) is 36.4 Å². The molecule has 5 heteroatoms. The van der Waals surface area contributed by atoms with Crippen LogP contribution >= 0.6 is 11.6 Å². The van der Waals surface area contributed by atoms with Gasteiger partial charge in [-0.2, -0.15) is 0 Å². The molecule has 0 radical (unpaired) electrons. The molecule has 2 N–H and O–H groups in total. The van der Waals surface area contributed by atoms with Crippen LogP contribution in [0.25, 0.3) is 0 Å². The first-order chi connectivity index (χ1) is 9.19. The van der Waals surface area contributed by atoms with Crippen molar-refractivity contribution in [2.24, 2.45) is 0 Å². The molecule has 19 heavy (non-hydrogen) atoms. The summed E-state index contributed by atoms with van der Waals surface area (Å²) in [6.45, 7) is 1.06. The van der Waals surface area contributed by atoms with E-state index in [2.05, 4.69) is 5.32 Å². The van der Waals surface area contributed by atoms with E-state index in [-0.39, 0.29) is 12.5 Å². The summed E-state index contributed by atoms with van der Waals surface area (Å²) in [5.41, 5.74) is 0.995. The van der Waals surface area contributed by atoms with E-state index in [0.717, 1.165) is 5.56 Å². The molecule has 0 bridgehead atoms. The lowest BCUT2D eigenvalue weighted by Gasteiger charge is -2.36. The zero-order valence-electron chi connectivity index (χ0n) is 10.7. The molecule has 0 aliphatic carbocycles. The molecule has 1 aliphatic rings. The number of aliphatic hydroxyl groups is 1. The van der Waals surface area contributed by atoms with Crippen LogP contribution in [0.15, 0.2) is 24.3 Å². The van der Waals surface area contributed by atoms with E-state index in [4.69, 9.17) is 16.3 Å². The second-order valence-electron chi connectivity index (χ2n) is 4.84. The molecule has 1 aromatic carbocycles. The third-order valence-electron chi connectivity index (χ3n) is 3.50. The normalized spacial score (nSPS) is 18.0. The summed E-state index contributed by atoms with van der Waals surface area (Å²) in [4.78, 5) is 12.2. The van der Waals surface area contributed by atoms with Crippen molar-refractivity contribution in [1.82, 2.24) is 5.32 Å². The molecule has 4 nitrogen and oxygen atoms in total. The maximum atomic E-state index is 12.2. The molecule has 0 saturated carbocycles. The molecule has 1 amide bonds. The van der Waals surface area contributed by atoms with Gasteiger partial charge in [0, 0.05) is 24.7 Å². The summed E-state index contributed by atoms with van der Waals surface area (Å²) in [6.07, 6.45) is 1.27. The minimum absolute atomic E-state index is 0.0676. The number of hydrogen-bond donors (Lipinski definition) is 2. The highest BCUT2D eigenvalue weighted by Crippen LogP contribution is 2.20. The first-order valence-electron chi connectivity index (χ1n) is 6.35. The van der Waals surface area contributed by atoms with E-state index in [1.807, 2.05) is 12.1 Å². The largest absolute Gasteiger partial charge is 0.394 e. The molecule has 0 spiro atoms. The number of rotatable bonds is 4. The summed E-state index contributed by atoms with van der Waals surface area (Å²) < 4.78 is 5.27. The van der Waals surface area contributed by atoms with Crippen molar-refractivity contribution >= 4 is 17.5 Å². The molecule has 1 heterocycles. The van der Waals surface area contributed by atoms with Crippen molar-refractivity contribution in [2.45, 2.75) is 24.3 Å². The van der Waals surface area contributed by atoms with Crippen LogP contribution < -0.4 is 5.32 Å². The van der Waals surface area contributed by atoms with E-state index in [9.17, 15) is 9.90 Å². The maximum Gasteiger partial charge on any atom is 0.251 e. The van der Waals surface area contributed by atoms with Gasteiger partial charge in [-0.1, -0.05) is 12.1 Å². The van der Waals surface area contributed by atoms with E-state index in [1.54, 1.807) is 12.1 Å². The molecule has 1 aromatic rings. The number of carbonyl (C=O) groups is 1. The molecule has 0 aromatic heterocycles. The summed E-state index contributed by atoms with van der Waals surface area (Å²) in [6, 6.07) is 7.16. The van der Waals surface area contributed by atoms with Crippen molar-refractivity contribution < 1.29 is 14.6 Å². The molecule has 1 aliphatic heterocycles. The lowest BCUT2D eigenvalue weighted by Crippen LogP contribution is -2.54. The minimum atomic E-state index is -0.555. The molecule has 0 atom stereocenters. The van der Waals surface area contributed by atoms with Crippen molar-refractivity contribution in [3.63, 3.8) is 0 Å². The lowest BCUT2D eigenvalue weighted by atomic mass is 9.90. The van der Waals surface area contributed by atoms with Crippen molar-refractivity contribution in [1.29, 1.82) is 0 Å². The van der Waals surface area contributed by atoms with Gasteiger partial charge in [-0.3, -0.25) is 4.79 Å². The minimum Gasteiger partial charge on any atom is -0.394 e. The molecule has 1 fully saturated rings. The summed E-state index contributed by atoms with van der Waals surface area (Å²) in [5.74, 6) is 0.261. The summed E-state index contributed by atoms with van der Waals surface area (Å²) in [7, 11) is 0. The van der Waals surface area contributed by atoms with E-state index < -0.39 is 5.54 Å². The monoisotopic (exact) mass is 283 g/mol. The fourth-order valence-electron chi connectivity index (χ4n) is 2.14. The Hall–Kier alpha value is -1.10. The molecule has 104 valence electrons. The Labute approximate surface area is 117 Å². The van der Waals surface area contributed by atoms with Gasteiger partial charge in [0.15, 0.2) is 0 Å². The number of aliphatic hydroxyl groups excluding tert-OH is 1. The smallest absolute Gasteiger partial charge is 0.251 e. The highest BCUT2D eigenvalue weighted by Gasteiger charge is 2.33. The SMILES string of the molecule is O=C(NC1(CO)CCOCC1)c1ccc(CCl)cc1. The van der Waals surface area contributed by atoms with Gasteiger partial charge in [0.25, 0.3) is 5.91 Å². The standard InChI is InChI=1S/C14H18ClNO3/c15-9-11-1-3-12(4-2-11)13(18)16-14(10-17)5-7-19-8-6-14/h1-4,17H,5-10H2,(H,16,18). The van der Waals surface area contributed by atoms with Gasteiger partial charge >= 0.3 is 0 Å². The van der Waals surface area contributed by atoms with Crippen molar-refractivity contribution in [3.05, 3.63) is 35.4 Å². The average molecular weight is 284 g/mol. The predicted octanol–water partition coefficient (Wildman–Crippen LogP) is 1.70. The van der Waals surface area contributed by atoms with Crippen molar-refractivity contribution in [3.8, 4) is 0 Å². The Morgan fingerprint density at radius 2 is 1.95 bits per heavy atom. The fraction of sp³-hybridized carbons (Fsp3) is 0.500. The Morgan fingerprint density at radius 3 is 2.47 bits per heavy atom. The number of carbonyl (C=O) groups excluding carboxylic acids is 1. The zero-order chi connectivity index (χ0) is 13.7. The summed E-state index contributed by atoms with van der Waals surface area (Å²) >= 11 is 5.71. The second kappa shape index (κ2) is 6.37. The van der Waals surface area contributed by atoms with E-state index >= 15 is 0 Å². The fourth-order valence-corrected chi connectivity index (χ4v) is 2.32. The number of halogens is 1. The maximum absolute atomic E-state index is 12.2. The third-order valence-corrected chi connectivity index (χ3v) is 3.81. The first kappa shape index (κ1) is 14.3. The molecule has 2 rings (SSSR count). The Morgan fingerprint density at radius 1 is 1.32 bits per heavy atom. The van der Waals surface area contributed by atoms with E-state index in [1.165, 1.54) is 0 Å². The predicted molar refractivity (Wildman–Crippen MR) is 73.3 cm³/mol. The average Bonchev–Trinajstić information content (AvgIpc) is 2.48. The highest BCUT2D eigenvalue weighted by atomic mass is 35.5. The second-order valence-corrected chi connectivity index (χ2v) is 5.10. The van der Waals surface area contributed by atoms with Crippen LogP contribution in [0.3, 0.4) is 0 Å². The highest BCUT2D eigenvalue weighted by molar-refractivity contribution is 6.17. The van der Waals surface area contributed by atoms with Gasteiger partial charge in [-0.15, -0.1) is 11.6 Å². The molecule has 1 saturated heterocycles. The third kappa shape index (κ3) is 3.47. The van der Waals surface area contributed by atoms with Gasteiger partial charge in [0.1, 0.15) is 0 Å². The number of ether oxygens (including phenoxy) is 1. The quantitative estimate of drug-likeness (QED) is 0.827. The van der Waals surface area contributed by atoms with Crippen LogP contribution in [0.1, 0.15) is 28.8 Å². The topological polar surface area (TPSA) is 58.6 Å². The summed E-state index contributed by atoms with van der Waals surface area (Å²) in [5, 5.41) is 12.5. The van der Waals surface area contributed by atoms with Crippen LogP contribution in [0, 0.1) is 0 Å². The molecular formula is C14H18ClNO3. The van der Waals surface area contributed by atoms with Crippen LogP contribution in [-0.2, 0) is 10.6 Å². The number of amides is 1. The molecule has 0 unspecified atom stereocenters. The van der Waals surface area contributed by atoms with Gasteiger partial charge in [0.2, 0.25) is 0 Å². The Kier molecular flexibility index (Phi) is 4.80. The lowest BCUT2D eigenvalue weighted by molar-refractivity contribution is 0.0125. The van der Waals surface area contributed by atoms with Gasteiger partial charge in [0.05, 0.1) is 12.1 Å². The number of nitrogens with one attached hydrogen (secondary N) is 1. The number of alkyl halides is 1. The van der Waals surface area contributed by atoms with Crippen LogP contribution in [0.5, 0.6) is 0 Å². The van der Waals surface area contributed by atoms with Crippen LogP contribution in [0.2, 0.25) is 0 Å². The first-order valence-corrected chi connectivity index (χ1v) is 6.89. The Bertz CT molecular complexity index is 427. The van der Waals surface area contributed by atoms with Crippen LogP contribution in [0.4, 0.5) is 0 Å². The van der Waals surface area contributed by atoms with Crippen molar-refractivity contribution in [2.75, 3.05) is 19.8 Å². The van der Waals surface area contributed by atoms with Gasteiger partial charge in [-0.25, -0.2) is 0 Å². The Balaban J connectivity index is 2.06.